The van der Waals surface area contributed by atoms with Gasteiger partial charge in [-0.25, -0.2) is 0 Å². The van der Waals surface area contributed by atoms with Gasteiger partial charge in [-0.05, 0) is 38.8 Å². The first-order valence-corrected chi connectivity index (χ1v) is 5.99. The predicted molar refractivity (Wildman–Crippen MR) is 72.4 cm³/mol. The van der Waals surface area contributed by atoms with Crippen molar-refractivity contribution in [2.24, 2.45) is 0 Å². The van der Waals surface area contributed by atoms with E-state index < -0.39 is 0 Å². The average molecular weight is 229 g/mol. The van der Waals surface area contributed by atoms with Crippen molar-refractivity contribution in [3.63, 3.8) is 0 Å². The van der Waals surface area contributed by atoms with E-state index in [9.17, 15) is 0 Å². The summed E-state index contributed by atoms with van der Waals surface area (Å²) in [5.41, 5.74) is 6.21. The zero-order chi connectivity index (χ0) is 12.4. The van der Waals surface area contributed by atoms with Crippen LogP contribution in [0.25, 0.3) is 11.3 Å². The maximum atomic E-state index is 4.25. The minimum absolute atomic E-state index is 0.885. The van der Waals surface area contributed by atoms with Crippen LogP contribution in [-0.2, 0) is 0 Å². The van der Waals surface area contributed by atoms with Crippen LogP contribution in [0.1, 0.15) is 23.6 Å². The molecule has 2 rings (SSSR count). The van der Waals surface area contributed by atoms with Crippen molar-refractivity contribution in [1.29, 1.82) is 0 Å². The van der Waals surface area contributed by atoms with Crippen molar-refractivity contribution < 1.29 is 0 Å². The Bertz CT molecular complexity index is 503. The molecule has 0 saturated carbocycles. The smallest absolute Gasteiger partial charge is 0.148 e. The molecule has 0 saturated heterocycles. The van der Waals surface area contributed by atoms with Gasteiger partial charge in [-0.2, -0.15) is 5.10 Å². The fourth-order valence-corrected chi connectivity index (χ4v) is 2.33. The molecule has 0 unspecified atom stereocenters. The molecular formula is C14H19N3. The molecule has 90 valence electrons. The Morgan fingerprint density at radius 3 is 2.35 bits per heavy atom. The minimum atomic E-state index is 0.885. The van der Waals surface area contributed by atoms with E-state index in [1.165, 1.54) is 22.3 Å². The summed E-state index contributed by atoms with van der Waals surface area (Å²) >= 11 is 0. The van der Waals surface area contributed by atoms with Crippen LogP contribution in [0.2, 0.25) is 0 Å². The molecule has 0 aliphatic carbocycles. The first-order chi connectivity index (χ1) is 8.11. The van der Waals surface area contributed by atoms with E-state index in [1.807, 2.05) is 0 Å². The molecule has 1 aromatic carbocycles. The molecule has 0 fully saturated rings. The third kappa shape index (κ3) is 2.33. The maximum Gasteiger partial charge on any atom is 0.148 e. The first-order valence-electron chi connectivity index (χ1n) is 5.99. The number of anilines is 1. The van der Waals surface area contributed by atoms with E-state index in [0.29, 0.717) is 0 Å². The average Bonchev–Trinajstić information content (AvgIpc) is 2.65. The molecule has 2 N–H and O–H groups in total. The Morgan fingerprint density at radius 2 is 1.76 bits per heavy atom. The Hall–Kier alpha value is -1.77. The van der Waals surface area contributed by atoms with Crippen molar-refractivity contribution in [2.75, 3.05) is 11.9 Å². The van der Waals surface area contributed by atoms with Gasteiger partial charge < -0.3 is 5.32 Å². The van der Waals surface area contributed by atoms with Gasteiger partial charge >= 0.3 is 0 Å². The highest BCUT2D eigenvalue weighted by molar-refractivity contribution is 5.70. The lowest BCUT2D eigenvalue weighted by atomic mass is 9.97. The molecule has 0 atom stereocenters. The molecular weight excluding hydrogens is 210 g/mol. The first kappa shape index (κ1) is 11.7. The number of nitrogens with zero attached hydrogens (tertiary/aromatic N) is 1. The number of H-pyrrole nitrogens is 1. The highest BCUT2D eigenvalue weighted by atomic mass is 15.2. The van der Waals surface area contributed by atoms with Gasteiger partial charge in [-0.15, -0.1) is 0 Å². The van der Waals surface area contributed by atoms with Crippen LogP contribution in [-0.4, -0.2) is 16.7 Å². The van der Waals surface area contributed by atoms with E-state index >= 15 is 0 Å². The third-order valence-electron chi connectivity index (χ3n) is 2.88. The largest absolute Gasteiger partial charge is 0.369 e. The molecule has 0 radical (unpaired) electrons. The quantitative estimate of drug-likeness (QED) is 0.846. The Morgan fingerprint density at radius 1 is 1.12 bits per heavy atom. The molecule has 3 heteroatoms. The lowest BCUT2D eigenvalue weighted by molar-refractivity contribution is 1.07. The van der Waals surface area contributed by atoms with Crippen LogP contribution in [0.5, 0.6) is 0 Å². The standard InChI is InChI=1S/C14H19N3/c1-5-15-13-8-12(16-17-13)14-10(3)6-9(2)7-11(14)4/h6-8H,5H2,1-4H3,(H2,15,16,17). The van der Waals surface area contributed by atoms with E-state index in [0.717, 1.165) is 18.1 Å². The van der Waals surface area contributed by atoms with Gasteiger partial charge in [0.05, 0.1) is 5.69 Å². The van der Waals surface area contributed by atoms with E-state index in [2.05, 4.69) is 61.4 Å². The van der Waals surface area contributed by atoms with Crippen LogP contribution < -0.4 is 5.32 Å². The number of hydrogen-bond acceptors (Lipinski definition) is 2. The second kappa shape index (κ2) is 4.62. The zero-order valence-electron chi connectivity index (χ0n) is 10.9. The lowest BCUT2D eigenvalue weighted by Gasteiger charge is -2.08. The second-order valence-electron chi connectivity index (χ2n) is 4.47. The van der Waals surface area contributed by atoms with Gasteiger partial charge in [0.1, 0.15) is 5.82 Å². The number of hydrogen-bond donors (Lipinski definition) is 2. The van der Waals surface area contributed by atoms with Crippen LogP contribution >= 0.6 is 0 Å². The van der Waals surface area contributed by atoms with E-state index in [1.54, 1.807) is 0 Å². The summed E-state index contributed by atoms with van der Waals surface area (Å²) in [6.07, 6.45) is 0. The van der Waals surface area contributed by atoms with Crippen LogP contribution in [0.15, 0.2) is 18.2 Å². The SMILES string of the molecule is CCNc1cc(-c2c(C)cc(C)cc2C)[nH]n1. The molecule has 1 aromatic heterocycles. The van der Waals surface area contributed by atoms with E-state index in [-0.39, 0.29) is 0 Å². The van der Waals surface area contributed by atoms with Crippen LogP contribution in [0.3, 0.4) is 0 Å². The van der Waals surface area contributed by atoms with Crippen LogP contribution in [0, 0.1) is 20.8 Å². The molecule has 0 aliphatic rings. The molecule has 0 bridgehead atoms. The Labute approximate surface area is 102 Å². The summed E-state index contributed by atoms with van der Waals surface area (Å²) in [6.45, 7) is 9.36. The predicted octanol–water partition coefficient (Wildman–Crippen LogP) is 3.43. The van der Waals surface area contributed by atoms with Crippen molar-refractivity contribution in [2.45, 2.75) is 27.7 Å². The topological polar surface area (TPSA) is 40.7 Å². The van der Waals surface area contributed by atoms with Crippen molar-refractivity contribution >= 4 is 5.82 Å². The number of nitrogens with one attached hydrogen (secondary N) is 2. The summed E-state index contributed by atoms with van der Waals surface area (Å²) in [4.78, 5) is 0. The van der Waals surface area contributed by atoms with Crippen molar-refractivity contribution in [1.82, 2.24) is 10.2 Å². The van der Waals surface area contributed by atoms with Gasteiger partial charge in [-0.1, -0.05) is 17.7 Å². The van der Waals surface area contributed by atoms with Crippen molar-refractivity contribution in [3.8, 4) is 11.3 Å². The summed E-state index contributed by atoms with van der Waals surface area (Å²) in [7, 11) is 0. The zero-order valence-corrected chi connectivity index (χ0v) is 10.9. The highest BCUT2D eigenvalue weighted by Crippen LogP contribution is 2.28. The molecule has 17 heavy (non-hydrogen) atoms. The van der Waals surface area contributed by atoms with E-state index in [4.69, 9.17) is 0 Å². The number of rotatable bonds is 3. The molecule has 2 aromatic rings. The highest BCUT2D eigenvalue weighted by Gasteiger charge is 2.09. The molecule has 0 amide bonds. The van der Waals surface area contributed by atoms with Crippen LogP contribution in [0.4, 0.5) is 5.82 Å². The maximum absolute atomic E-state index is 4.25. The lowest BCUT2D eigenvalue weighted by Crippen LogP contribution is -1.95. The molecule has 3 nitrogen and oxygen atoms in total. The summed E-state index contributed by atoms with van der Waals surface area (Å²) in [6, 6.07) is 6.47. The van der Waals surface area contributed by atoms with Gasteiger partial charge in [0.25, 0.3) is 0 Å². The molecule has 0 spiro atoms. The number of aromatic nitrogens is 2. The molecule has 0 aliphatic heterocycles. The number of aryl methyl sites for hydroxylation is 3. The normalized spacial score (nSPS) is 10.6. The fraction of sp³-hybridized carbons (Fsp3) is 0.357. The number of aromatic amines is 1. The van der Waals surface area contributed by atoms with Gasteiger partial charge in [0.15, 0.2) is 0 Å². The Balaban J connectivity index is 2.45. The van der Waals surface area contributed by atoms with Gasteiger partial charge in [-0.3, -0.25) is 5.10 Å². The number of benzene rings is 1. The van der Waals surface area contributed by atoms with Gasteiger partial charge in [0.2, 0.25) is 0 Å². The summed E-state index contributed by atoms with van der Waals surface area (Å²) in [5.74, 6) is 0.905. The molecule has 1 heterocycles. The summed E-state index contributed by atoms with van der Waals surface area (Å²) in [5, 5.41) is 10.6. The Kier molecular flexibility index (Phi) is 3.18. The third-order valence-corrected chi connectivity index (χ3v) is 2.88. The monoisotopic (exact) mass is 229 g/mol. The second-order valence-corrected chi connectivity index (χ2v) is 4.47. The van der Waals surface area contributed by atoms with Crippen molar-refractivity contribution in [3.05, 3.63) is 34.9 Å². The minimum Gasteiger partial charge on any atom is -0.369 e. The van der Waals surface area contributed by atoms with Gasteiger partial charge in [0, 0.05) is 18.2 Å². The fourth-order valence-electron chi connectivity index (χ4n) is 2.33. The summed E-state index contributed by atoms with van der Waals surface area (Å²) < 4.78 is 0.